The van der Waals surface area contributed by atoms with Gasteiger partial charge in [-0.1, -0.05) is 37.1 Å². The summed E-state index contributed by atoms with van der Waals surface area (Å²) in [7, 11) is 1.57. The summed E-state index contributed by atoms with van der Waals surface area (Å²) >= 11 is 0. The van der Waals surface area contributed by atoms with Crippen LogP contribution in [0, 0.1) is 0 Å². The second-order valence-electron chi connectivity index (χ2n) is 8.42. The van der Waals surface area contributed by atoms with E-state index in [0.717, 1.165) is 25.7 Å². The lowest BCUT2D eigenvalue weighted by molar-refractivity contribution is -0.123. The van der Waals surface area contributed by atoms with Crippen LogP contribution >= 0.6 is 0 Å². The Morgan fingerprint density at radius 2 is 1.76 bits per heavy atom. The van der Waals surface area contributed by atoms with E-state index >= 15 is 0 Å². The third-order valence-corrected chi connectivity index (χ3v) is 6.12. The predicted octanol–water partition coefficient (Wildman–Crippen LogP) is 4.94. The Balaban J connectivity index is 1.83. The molecule has 1 atom stereocenters. The van der Waals surface area contributed by atoms with Gasteiger partial charge >= 0.3 is 0 Å². The van der Waals surface area contributed by atoms with E-state index < -0.39 is 11.9 Å². The van der Waals surface area contributed by atoms with E-state index in [9.17, 15) is 14.4 Å². The average Bonchev–Trinajstić information content (AvgIpc) is 3.57. The Morgan fingerprint density at radius 3 is 2.38 bits per heavy atom. The fourth-order valence-electron chi connectivity index (χ4n) is 4.33. The number of nitrogens with zero attached hydrogens (tertiary/aromatic N) is 1. The molecule has 1 aliphatic carbocycles. The first-order chi connectivity index (χ1) is 16.5. The molecule has 1 N–H and O–H groups in total. The molecule has 0 spiro atoms. The summed E-state index contributed by atoms with van der Waals surface area (Å²) in [6, 6.07) is 16.1. The van der Waals surface area contributed by atoms with Crippen molar-refractivity contribution in [3.8, 4) is 5.75 Å². The highest BCUT2D eigenvalue weighted by Crippen LogP contribution is 2.32. The quantitative estimate of drug-likeness (QED) is 0.481. The Kier molecular flexibility index (Phi) is 7.11. The maximum Gasteiger partial charge on any atom is 0.294 e. The van der Waals surface area contributed by atoms with E-state index in [-0.39, 0.29) is 23.5 Å². The summed E-state index contributed by atoms with van der Waals surface area (Å²) in [5.74, 6) is -0.163. The van der Waals surface area contributed by atoms with Crippen LogP contribution in [0.3, 0.4) is 0 Å². The molecule has 0 radical (unpaired) electrons. The number of rotatable bonds is 8. The van der Waals surface area contributed by atoms with Crippen molar-refractivity contribution in [3.63, 3.8) is 0 Å². The smallest absolute Gasteiger partial charge is 0.294 e. The zero-order valence-corrected chi connectivity index (χ0v) is 19.3. The molecule has 176 valence electrons. The number of nitrogens with one attached hydrogen (secondary N) is 1. The number of hydrogen-bond donors (Lipinski definition) is 1. The molecule has 1 heterocycles. The number of furan rings is 1. The van der Waals surface area contributed by atoms with Gasteiger partial charge in [0.15, 0.2) is 11.5 Å². The summed E-state index contributed by atoms with van der Waals surface area (Å²) in [4.78, 5) is 40.9. The highest BCUT2D eigenvalue weighted by atomic mass is 16.5. The maximum atomic E-state index is 13.7. The van der Waals surface area contributed by atoms with Crippen molar-refractivity contribution in [2.24, 2.45) is 0 Å². The average molecular weight is 461 g/mol. The number of anilines is 1. The zero-order chi connectivity index (χ0) is 24.1. The van der Waals surface area contributed by atoms with Gasteiger partial charge in [0.25, 0.3) is 5.91 Å². The minimum absolute atomic E-state index is 0.0670. The highest BCUT2D eigenvalue weighted by Gasteiger charge is 2.36. The largest absolute Gasteiger partial charge is 0.497 e. The van der Waals surface area contributed by atoms with Crippen LogP contribution < -0.4 is 15.0 Å². The minimum atomic E-state index is -0.980. The molecule has 34 heavy (non-hydrogen) atoms. The van der Waals surface area contributed by atoms with Crippen LogP contribution in [0.15, 0.2) is 71.3 Å². The number of ether oxygens (including phenoxy) is 1. The van der Waals surface area contributed by atoms with Crippen LogP contribution in [0.2, 0.25) is 0 Å². The first kappa shape index (κ1) is 23.3. The first-order valence-corrected chi connectivity index (χ1v) is 11.4. The second kappa shape index (κ2) is 10.4. The number of amides is 2. The number of Topliss-reactive ketones (excluding diaryl/α,β-unsaturated/α-hetero) is 1. The molecule has 4 rings (SSSR count). The SMILES string of the molecule is COc1ccc(C(C(=O)NC2CCCC2)N(C(=O)c2ccco2)c2cccc(C(C)=O)c2)cc1. The molecular formula is C27H28N2O5. The van der Waals surface area contributed by atoms with Gasteiger partial charge in [-0.15, -0.1) is 0 Å². The van der Waals surface area contributed by atoms with E-state index in [0.29, 0.717) is 22.6 Å². The van der Waals surface area contributed by atoms with Crippen LogP contribution in [0.4, 0.5) is 5.69 Å². The van der Waals surface area contributed by atoms with Gasteiger partial charge in [0.05, 0.1) is 13.4 Å². The van der Waals surface area contributed by atoms with E-state index in [1.54, 1.807) is 67.8 Å². The Bertz CT molecular complexity index is 1150. The Morgan fingerprint density at radius 1 is 1.03 bits per heavy atom. The molecule has 1 unspecified atom stereocenters. The van der Waals surface area contributed by atoms with Gasteiger partial charge in [0.2, 0.25) is 5.91 Å². The van der Waals surface area contributed by atoms with Crippen molar-refractivity contribution in [3.05, 3.63) is 83.8 Å². The number of carbonyl (C=O) groups is 3. The summed E-state index contributed by atoms with van der Waals surface area (Å²) in [6.07, 6.45) is 5.36. The van der Waals surface area contributed by atoms with E-state index in [1.807, 2.05) is 0 Å². The van der Waals surface area contributed by atoms with Crippen molar-refractivity contribution in [2.45, 2.75) is 44.7 Å². The van der Waals surface area contributed by atoms with Gasteiger partial charge < -0.3 is 14.5 Å². The number of carbonyl (C=O) groups excluding carboxylic acids is 3. The topological polar surface area (TPSA) is 88.8 Å². The molecule has 0 bridgehead atoms. The number of benzene rings is 2. The van der Waals surface area contributed by atoms with Crippen molar-refractivity contribution >= 4 is 23.3 Å². The van der Waals surface area contributed by atoms with Gasteiger partial charge in [-0.3, -0.25) is 19.3 Å². The third-order valence-electron chi connectivity index (χ3n) is 6.12. The second-order valence-corrected chi connectivity index (χ2v) is 8.42. The Hall–Kier alpha value is -3.87. The van der Waals surface area contributed by atoms with E-state index in [4.69, 9.17) is 9.15 Å². The predicted molar refractivity (Wildman–Crippen MR) is 128 cm³/mol. The lowest BCUT2D eigenvalue weighted by atomic mass is 10.0. The maximum absolute atomic E-state index is 13.7. The van der Waals surface area contributed by atoms with Crippen molar-refractivity contribution in [1.82, 2.24) is 5.32 Å². The normalized spacial score (nSPS) is 14.4. The van der Waals surface area contributed by atoms with Crippen LogP contribution in [0.1, 0.15) is 65.1 Å². The minimum Gasteiger partial charge on any atom is -0.497 e. The lowest BCUT2D eigenvalue weighted by Crippen LogP contribution is -2.46. The van der Waals surface area contributed by atoms with Crippen LogP contribution in [-0.4, -0.2) is 30.7 Å². The van der Waals surface area contributed by atoms with Crippen LogP contribution in [-0.2, 0) is 4.79 Å². The summed E-state index contributed by atoms with van der Waals surface area (Å²) in [5, 5.41) is 3.13. The molecule has 2 amide bonds. The molecule has 3 aromatic rings. The summed E-state index contributed by atoms with van der Waals surface area (Å²) in [6.45, 7) is 1.46. The van der Waals surface area contributed by atoms with Gasteiger partial charge in [-0.2, -0.15) is 0 Å². The van der Waals surface area contributed by atoms with E-state index in [2.05, 4.69) is 5.32 Å². The van der Waals surface area contributed by atoms with Crippen molar-refractivity contribution in [1.29, 1.82) is 0 Å². The molecule has 0 saturated heterocycles. The number of methoxy groups -OCH3 is 1. The summed E-state index contributed by atoms with van der Waals surface area (Å²) in [5.41, 5.74) is 1.49. The molecule has 0 aliphatic heterocycles. The zero-order valence-electron chi connectivity index (χ0n) is 19.3. The van der Waals surface area contributed by atoms with Crippen LogP contribution in [0.5, 0.6) is 5.75 Å². The number of ketones is 1. The number of hydrogen-bond acceptors (Lipinski definition) is 5. The van der Waals surface area contributed by atoms with Crippen molar-refractivity contribution in [2.75, 3.05) is 12.0 Å². The Labute approximate surface area is 198 Å². The van der Waals surface area contributed by atoms with Gasteiger partial charge in [-0.25, -0.2) is 0 Å². The van der Waals surface area contributed by atoms with Gasteiger partial charge in [0, 0.05) is 17.3 Å². The monoisotopic (exact) mass is 460 g/mol. The molecular weight excluding hydrogens is 432 g/mol. The van der Waals surface area contributed by atoms with Crippen molar-refractivity contribution < 1.29 is 23.5 Å². The molecule has 1 aliphatic rings. The molecule has 7 heteroatoms. The first-order valence-electron chi connectivity index (χ1n) is 11.4. The lowest BCUT2D eigenvalue weighted by Gasteiger charge is -2.32. The van der Waals surface area contributed by atoms with Crippen LogP contribution in [0.25, 0.3) is 0 Å². The molecule has 7 nitrogen and oxygen atoms in total. The van der Waals surface area contributed by atoms with Gasteiger partial charge in [0.1, 0.15) is 11.8 Å². The van der Waals surface area contributed by atoms with Gasteiger partial charge in [-0.05, 0) is 61.7 Å². The van der Waals surface area contributed by atoms with E-state index in [1.165, 1.54) is 18.1 Å². The molecule has 1 aromatic heterocycles. The molecule has 2 aromatic carbocycles. The molecule has 1 fully saturated rings. The fraction of sp³-hybridized carbons (Fsp3) is 0.296. The standard InChI is InChI=1S/C27H28N2O5/c1-18(30)20-7-5-10-22(17-20)29(27(32)24-11-6-16-34-24)25(19-12-14-23(33-2)15-13-19)26(31)28-21-8-3-4-9-21/h5-7,10-17,21,25H,3-4,8-9H2,1-2H3,(H,28,31). The highest BCUT2D eigenvalue weighted by molar-refractivity contribution is 6.09. The fourth-order valence-corrected chi connectivity index (χ4v) is 4.33. The third kappa shape index (κ3) is 5.03. The summed E-state index contributed by atoms with van der Waals surface area (Å²) < 4.78 is 10.7. The molecule has 1 saturated carbocycles.